The predicted octanol–water partition coefficient (Wildman–Crippen LogP) is 3.37. The Morgan fingerprint density at radius 3 is 2.67 bits per heavy atom. The van der Waals surface area contributed by atoms with E-state index >= 15 is 0 Å². The average molecular weight is 347 g/mol. The zero-order valence-corrected chi connectivity index (χ0v) is 15.5. The summed E-state index contributed by atoms with van der Waals surface area (Å²) in [7, 11) is 0. The zero-order chi connectivity index (χ0) is 17.7. The summed E-state index contributed by atoms with van der Waals surface area (Å²) in [4.78, 5) is 29.4. The second-order valence-electron chi connectivity index (χ2n) is 6.23. The van der Waals surface area contributed by atoms with Gasteiger partial charge in [-0.1, -0.05) is 37.2 Å². The summed E-state index contributed by atoms with van der Waals surface area (Å²) in [6.07, 6.45) is 2.00. The highest BCUT2D eigenvalue weighted by atomic mass is 32.2. The Balaban J connectivity index is 2.23. The molecule has 1 aromatic carbocycles. The van der Waals surface area contributed by atoms with Gasteiger partial charge in [0.1, 0.15) is 0 Å². The van der Waals surface area contributed by atoms with Crippen LogP contribution in [0.25, 0.3) is 10.9 Å². The highest BCUT2D eigenvalue weighted by Crippen LogP contribution is 2.20. The van der Waals surface area contributed by atoms with E-state index in [-0.39, 0.29) is 29.3 Å². The van der Waals surface area contributed by atoms with Gasteiger partial charge < -0.3 is 5.32 Å². The van der Waals surface area contributed by atoms with Crippen LogP contribution in [0.4, 0.5) is 0 Å². The number of para-hydroxylation sites is 1. The second kappa shape index (κ2) is 8.33. The number of nitrogens with one attached hydrogen (secondary N) is 1. The molecule has 0 fully saturated rings. The number of fused-ring (bicyclic) bond motifs is 1. The summed E-state index contributed by atoms with van der Waals surface area (Å²) in [5, 5.41) is 4.17. The maximum atomic E-state index is 12.7. The summed E-state index contributed by atoms with van der Waals surface area (Å²) in [6, 6.07) is 7.47. The fourth-order valence-corrected chi connectivity index (χ4v) is 3.57. The number of benzene rings is 1. The highest BCUT2D eigenvalue weighted by Gasteiger charge is 2.15. The van der Waals surface area contributed by atoms with Crippen LogP contribution in [-0.4, -0.2) is 27.3 Å². The monoisotopic (exact) mass is 347 g/mol. The number of hydrogen-bond donors (Lipinski definition) is 1. The van der Waals surface area contributed by atoms with E-state index in [0.717, 1.165) is 12.8 Å². The number of carbonyl (C=O) groups excluding carboxylic acids is 1. The van der Waals surface area contributed by atoms with Crippen LogP contribution in [0.1, 0.15) is 46.6 Å². The van der Waals surface area contributed by atoms with E-state index in [1.165, 1.54) is 11.8 Å². The fourth-order valence-electron chi connectivity index (χ4n) is 2.63. The van der Waals surface area contributed by atoms with Crippen LogP contribution in [0.2, 0.25) is 0 Å². The number of carbonyl (C=O) groups is 1. The van der Waals surface area contributed by atoms with E-state index in [1.54, 1.807) is 10.6 Å². The number of rotatable bonds is 7. The molecule has 5 nitrogen and oxygen atoms in total. The quantitative estimate of drug-likeness (QED) is 0.616. The molecule has 1 amide bonds. The molecule has 0 aliphatic heterocycles. The van der Waals surface area contributed by atoms with Crippen LogP contribution in [0, 0.1) is 0 Å². The maximum Gasteiger partial charge on any atom is 0.262 e. The van der Waals surface area contributed by atoms with Crippen molar-refractivity contribution in [3.63, 3.8) is 0 Å². The molecule has 1 aromatic heterocycles. The lowest BCUT2D eigenvalue weighted by Crippen LogP contribution is -2.34. The van der Waals surface area contributed by atoms with E-state index in [2.05, 4.69) is 17.2 Å². The first-order valence-corrected chi connectivity index (χ1v) is 9.36. The molecule has 24 heavy (non-hydrogen) atoms. The van der Waals surface area contributed by atoms with Crippen molar-refractivity contribution in [2.75, 3.05) is 5.75 Å². The molecule has 130 valence electrons. The molecule has 1 heterocycles. The number of amides is 1. The molecule has 1 unspecified atom stereocenters. The van der Waals surface area contributed by atoms with Crippen LogP contribution in [0.15, 0.2) is 34.2 Å². The Kier molecular flexibility index (Phi) is 6.43. The Labute approximate surface area is 146 Å². The lowest BCUT2D eigenvalue weighted by Gasteiger charge is -2.17. The van der Waals surface area contributed by atoms with Gasteiger partial charge in [-0.25, -0.2) is 4.98 Å². The van der Waals surface area contributed by atoms with E-state index in [4.69, 9.17) is 0 Å². The Bertz CT molecular complexity index is 770. The van der Waals surface area contributed by atoms with Crippen molar-refractivity contribution < 1.29 is 4.79 Å². The highest BCUT2D eigenvalue weighted by molar-refractivity contribution is 7.99. The summed E-state index contributed by atoms with van der Waals surface area (Å²) < 4.78 is 1.66. The molecule has 0 radical (unpaired) electrons. The van der Waals surface area contributed by atoms with Crippen LogP contribution in [0.3, 0.4) is 0 Å². The Morgan fingerprint density at radius 2 is 2.00 bits per heavy atom. The first-order chi connectivity index (χ1) is 11.4. The average Bonchev–Trinajstić information content (AvgIpc) is 2.52. The molecule has 0 saturated carbocycles. The smallest absolute Gasteiger partial charge is 0.262 e. The molecule has 0 aliphatic carbocycles. The molecule has 1 atom stereocenters. The molecule has 0 bridgehead atoms. The molecule has 0 aliphatic rings. The molecule has 2 aromatic rings. The molecule has 0 saturated heterocycles. The maximum absolute atomic E-state index is 12.7. The van der Waals surface area contributed by atoms with E-state index < -0.39 is 0 Å². The zero-order valence-electron chi connectivity index (χ0n) is 14.7. The molecule has 2 rings (SSSR count). The van der Waals surface area contributed by atoms with E-state index in [1.807, 2.05) is 39.0 Å². The second-order valence-corrected chi connectivity index (χ2v) is 7.17. The van der Waals surface area contributed by atoms with Crippen LogP contribution >= 0.6 is 11.8 Å². The van der Waals surface area contributed by atoms with E-state index in [9.17, 15) is 9.59 Å². The minimum Gasteiger partial charge on any atom is -0.353 e. The van der Waals surface area contributed by atoms with Crippen molar-refractivity contribution in [1.29, 1.82) is 0 Å². The third-order valence-electron chi connectivity index (χ3n) is 3.75. The lowest BCUT2D eigenvalue weighted by molar-refractivity contribution is -0.119. The van der Waals surface area contributed by atoms with Gasteiger partial charge in [-0.05, 0) is 39.3 Å². The summed E-state index contributed by atoms with van der Waals surface area (Å²) in [5.41, 5.74) is 0.611. The largest absolute Gasteiger partial charge is 0.353 e. The standard InChI is InChI=1S/C18H25N3O2S/c1-5-8-13(4)19-16(22)11-24-18-20-15-10-7-6-9-14(15)17(23)21(18)12(2)3/h6-7,9-10,12-13H,5,8,11H2,1-4H3,(H,19,22). The molecule has 1 N–H and O–H groups in total. The van der Waals surface area contributed by atoms with Gasteiger partial charge in [0.2, 0.25) is 5.91 Å². The van der Waals surface area contributed by atoms with Crippen LogP contribution in [0.5, 0.6) is 0 Å². The molecular formula is C18H25N3O2S. The lowest BCUT2D eigenvalue weighted by atomic mass is 10.2. The number of aromatic nitrogens is 2. The summed E-state index contributed by atoms with van der Waals surface area (Å²) in [6.45, 7) is 8.00. The fraction of sp³-hybridized carbons (Fsp3) is 0.500. The number of thioether (sulfide) groups is 1. The minimum atomic E-state index is -0.0575. The normalized spacial score (nSPS) is 12.5. The van der Waals surface area contributed by atoms with Crippen molar-refractivity contribution in [2.45, 2.75) is 57.8 Å². The molecule has 0 spiro atoms. The van der Waals surface area contributed by atoms with Crippen molar-refractivity contribution in [3.8, 4) is 0 Å². The number of nitrogens with zero attached hydrogens (tertiary/aromatic N) is 2. The number of hydrogen-bond acceptors (Lipinski definition) is 4. The van der Waals surface area contributed by atoms with E-state index in [0.29, 0.717) is 16.1 Å². The minimum absolute atomic E-state index is 0.0146. The Morgan fingerprint density at radius 1 is 1.29 bits per heavy atom. The predicted molar refractivity (Wildman–Crippen MR) is 99.6 cm³/mol. The van der Waals surface area contributed by atoms with Gasteiger partial charge in [-0.3, -0.25) is 14.2 Å². The summed E-state index contributed by atoms with van der Waals surface area (Å²) in [5.74, 6) is 0.226. The van der Waals surface area contributed by atoms with Crippen molar-refractivity contribution >= 4 is 28.6 Å². The molecular weight excluding hydrogens is 322 g/mol. The van der Waals surface area contributed by atoms with Gasteiger partial charge in [0.25, 0.3) is 5.56 Å². The van der Waals surface area contributed by atoms with Gasteiger partial charge in [0, 0.05) is 12.1 Å². The van der Waals surface area contributed by atoms with Crippen molar-refractivity contribution in [1.82, 2.24) is 14.9 Å². The third kappa shape index (κ3) is 4.38. The van der Waals surface area contributed by atoms with Gasteiger partial charge in [-0.15, -0.1) is 0 Å². The van der Waals surface area contributed by atoms with Crippen LogP contribution in [-0.2, 0) is 4.79 Å². The SMILES string of the molecule is CCCC(C)NC(=O)CSc1nc2ccccc2c(=O)n1C(C)C. The van der Waals surface area contributed by atoms with Gasteiger partial charge >= 0.3 is 0 Å². The first-order valence-electron chi connectivity index (χ1n) is 8.37. The van der Waals surface area contributed by atoms with Gasteiger partial charge in [-0.2, -0.15) is 0 Å². The van der Waals surface area contributed by atoms with Crippen molar-refractivity contribution in [2.24, 2.45) is 0 Å². The topological polar surface area (TPSA) is 64.0 Å². The van der Waals surface area contributed by atoms with Crippen molar-refractivity contribution in [3.05, 3.63) is 34.6 Å². The summed E-state index contributed by atoms with van der Waals surface area (Å²) >= 11 is 1.31. The van der Waals surface area contributed by atoms with Gasteiger partial charge in [0.15, 0.2) is 5.16 Å². The Hall–Kier alpha value is -1.82. The third-order valence-corrected chi connectivity index (χ3v) is 4.71. The first kappa shape index (κ1) is 18.5. The van der Waals surface area contributed by atoms with Gasteiger partial charge in [0.05, 0.1) is 16.7 Å². The van der Waals surface area contributed by atoms with Crippen LogP contribution < -0.4 is 10.9 Å². The molecule has 6 heteroatoms.